The molecule has 1 atom stereocenters. The first-order chi connectivity index (χ1) is 8.53. The molecule has 0 aliphatic heterocycles. The van der Waals surface area contributed by atoms with Gasteiger partial charge in [0.1, 0.15) is 5.75 Å². The number of halogens is 1. The third kappa shape index (κ3) is 2.86. The first-order valence-corrected chi connectivity index (χ1v) is 6.87. The van der Waals surface area contributed by atoms with Crippen LogP contribution in [0.3, 0.4) is 0 Å². The minimum absolute atomic E-state index is 0.497. The minimum Gasteiger partial charge on any atom is -0.497 e. The molecule has 0 aliphatic carbocycles. The van der Waals surface area contributed by atoms with Crippen LogP contribution in [0.5, 0.6) is 5.75 Å². The second-order valence-electron chi connectivity index (χ2n) is 4.37. The molecule has 96 valence electrons. The second-order valence-corrected chi connectivity index (χ2v) is 5.78. The van der Waals surface area contributed by atoms with Crippen molar-refractivity contribution in [1.82, 2.24) is 0 Å². The lowest BCUT2D eigenvalue weighted by atomic mass is 9.92. The molecule has 0 spiro atoms. The standard InChI is InChI=1S/C14H15ClO2S/c1-14(16,9-13-12(15)6-7-18-13)10-4-3-5-11(8-10)17-2/h3-8,16H,9H2,1-2H3. The van der Waals surface area contributed by atoms with E-state index in [0.717, 1.165) is 16.2 Å². The molecule has 18 heavy (non-hydrogen) atoms. The maximum atomic E-state index is 10.6. The molecule has 1 heterocycles. The van der Waals surface area contributed by atoms with Gasteiger partial charge in [0.25, 0.3) is 0 Å². The van der Waals surface area contributed by atoms with E-state index in [1.807, 2.05) is 35.7 Å². The number of benzene rings is 1. The van der Waals surface area contributed by atoms with Gasteiger partial charge in [-0.2, -0.15) is 0 Å². The fraction of sp³-hybridized carbons (Fsp3) is 0.286. The molecule has 0 aliphatic rings. The number of rotatable bonds is 4. The third-order valence-corrected chi connectivity index (χ3v) is 4.27. The van der Waals surface area contributed by atoms with Gasteiger partial charge in [-0.25, -0.2) is 0 Å². The van der Waals surface area contributed by atoms with Crippen molar-refractivity contribution >= 4 is 22.9 Å². The van der Waals surface area contributed by atoms with Gasteiger partial charge in [0.05, 0.1) is 17.7 Å². The van der Waals surface area contributed by atoms with Crippen LogP contribution in [0.25, 0.3) is 0 Å². The summed E-state index contributed by atoms with van der Waals surface area (Å²) >= 11 is 7.62. The van der Waals surface area contributed by atoms with Crippen LogP contribution in [0.1, 0.15) is 17.4 Å². The van der Waals surface area contributed by atoms with E-state index in [-0.39, 0.29) is 0 Å². The first kappa shape index (κ1) is 13.4. The van der Waals surface area contributed by atoms with E-state index in [1.165, 1.54) is 0 Å². The Kier molecular flexibility index (Phi) is 3.95. The number of hydrogen-bond donors (Lipinski definition) is 1. The highest BCUT2D eigenvalue weighted by Gasteiger charge is 2.25. The van der Waals surface area contributed by atoms with Crippen LogP contribution in [-0.4, -0.2) is 12.2 Å². The van der Waals surface area contributed by atoms with Crippen LogP contribution in [0.15, 0.2) is 35.7 Å². The zero-order valence-electron chi connectivity index (χ0n) is 10.3. The summed E-state index contributed by atoms with van der Waals surface area (Å²) in [6.07, 6.45) is 0.497. The molecule has 0 radical (unpaired) electrons. The first-order valence-electron chi connectivity index (χ1n) is 5.62. The van der Waals surface area contributed by atoms with Crippen molar-refractivity contribution in [2.75, 3.05) is 7.11 Å². The van der Waals surface area contributed by atoms with Gasteiger partial charge in [-0.15, -0.1) is 11.3 Å². The average molecular weight is 283 g/mol. The zero-order valence-corrected chi connectivity index (χ0v) is 11.9. The van der Waals surface area contributed by atoms with Crippen molar-refractivity contribution in [3.8, 4) is 5.75 Å². The number of aliphatic hydroxyl groups is 1. The molecule has 1 aromatic carbocycles. The van der Waals surface area contributed by atoms with Crippen LogP contribution in [0, 0.1) is 0 Å². The van der Waals surface area contributed by atoms with Crippen LogP contribution >= 0.6 is 22.9 Å². The van der Waals surface area contributed by atoms with Gasteiger partial charge in [-0.05, 0) is 36.1 Å². The van der Waals surface area contributed by atoms with Gasteiger partial charge in [0, 0.05) is 11.3 Å². The Balaban J connectivity index is 2.27. The predicted octanol–water partition coefficient (Wildman–Crippen LogP) is 3.86. The molecular formula is C14H15ClO2S. The third-order valence-electron chi connectivity index (χ3n) is 2.89. The number of ether oxygens (including phenoxy) is 1. The Bertz CT molecular complexity index is 534. The van der Waals surface area contributed by atoms with Crippen LogP contribution < -0.4 is 4.74 Å². The van der Waals surface area contributed by atoms with E-state index >= 15 is 0 Å². The summed E-state index contributed by atoms with van der Waals surface area (Å²) in [6, 6.07) is 9.32. The van der Waals surface area contributed by atoms with Gasteiger partial charge < -0.3 is 9.84 Å². The quantitative estimate of drug-likeness (QED) is 0.923. The minimum atomic E-state index is -0.955. The van der Waals surface area contributed by atoms with Gasteiger partial charge >= 0.3 is 0 Å². The molecule has 0 saturated carbocycles. The lowest BCUT2D eigenvalue weighted by Gasteiger charge is -2.24. The molecule has 2 aromatic rings. The number of methoxy groups -OCH3 is 1. The smallest absolute Gasteiger partial charge is 0.119 e. The maximum absolute atomic E-state index is 10.6. The Labute approximate surface area is 116 Å². The van der Waals surface area contributed by atoms with Crippen molar-refractivity contribution in [3.63, 3.8) is 0 Å². The monoisotopic (exact) mass is 282 g/mol. The molecule has 0 bridgehead atoms. The summed E-state index contributed by atoms with van der Waals surface area (Å²) in [5.74, 6) is 0.741. The fourth-order valence-corrected chi connectivity index (χ4v) is 3.08. The lowest BCUT2D eigenvalue weighted by molar-refractivity contribution is 0.0582. The average Bonchev–Trinajstić information content (AvgIpc) is 2.74. The fourth-order valence-electron chi connectivity index (χ4n) is 1.82. The molecular weight excluding hydrogens is 268 g/mol. The molecule has 1 aromatic heterocycles. The molecule has 2 nitrogen and oxygen atoms in total. The highest BCUT2D eigenvalue weighted by molar-refractivity contribution is 7.10. The van der Waals surface area contributed by atoms with E-state index in [2.05, 4.69) is 0 Å². The van der Waals surface area contributed by atoms with Gasteiger partial charge in [-0.1, -0.05) is 23.7 Å². The number of hydrogen-bond acceptors (Lipinski definition) is 3. The topological polar surface area (TPSA) is 29.5 Å². The molecule has 2 rings (SSSR count). The van der Waals surface area contributed by atoms with Crippen molar-refractivity contribution in [1.29, 1.82) is 0 Å². The SMILES string of the molecule is COc1cccc(C(C)(O)Cc2sccc2Cl)c1. The summed E-state index contributed by atoms with van der Waals surface area (Å²) in [6.45, 7) is 1.79. The van der Waals surface area contributed by atoms with E-state index < -0.39 is 5.60 Å². The van der Waals surface area contributed by atoms with Crippen LogP contribution in [-0.2, 0) is 12.0 Å². The summed E-state index contributed by atoms with van der Waals surface area (Å²) in [7, 11) is 1.62. The number of thiophene rings is 1. The van der Waals surface area contributed by atoms with E-state index in [0.29, 0.717) is 11.4 Å². The largest absolute Gasteiger partial charge is 0.497 e. The van der Waals surface area contributed by atoms with Crippen LogP contribution in [0.2, 0.25) is 5.02 Å². The van der Waals surface area contributed by atoms with Crippen molar-refractivity contribution in [3.05, 3.63) is 51.2 Å². The molecule has 0 amide bonds. The van der Waals surface area contributed by atoms with Gasteiger partial charge in [0.2, 0.25) is 0 Å². The molecule has 1 unspecified atom stereocenters. The molecule has 1 N–H and O–H groups in total. The van der Waals surface area contributed by atoms with Crippen LogP contribution in [0.4, 0.5) is 0 Å². The van der Waals surface area contributed by atoms with E-state index in [1.54, 1.807) is 25.4 Å². The lowest BCUT2D eigenvalue weighted by Crippen LogP contribution is -2.23. The van der Waals surface area contributed by atoms with Crippen molar-refractivity contribution < 1.29 is 9.84 Å². The molecule has 0 saturated heterocycles. The van der Waals surface area contributed by atoms with Crippen molar-refractivity contribution in [2.45, 2.75) is 18.9 Å². The normalized spacial score (nSPS) is 14.2. The Hall–Kier alpha value is -1.03. The van der Waals surface area contributed by atoms with Gasteiger partial charge in [0.15, 0.2) is 0 Å². The Morgan fingerprint density at radius 3 is 2.78 bits per heavy atom. The van der Waals surface area contributed by atoms with Gasteiger partial charge in [-0.3, -0.25) is 0 Å². The summed E-state index contributed by atoms with van der Waals surface area (Å²) in [5, 5.41) is 13.2. The van der Waals surface area contributed by atoms with E-state index in [4.69, 9.17) is 16.3 Å². The molecule has 4 heteroatoms. The predicted molar refractivity (Wildman–Crippen MR) is 75.6 cm³/mol. The van der Waals surface area contributed by atoms with Crippen molar-refractivity contribution in [2.24, 2.45) is 0 Å². The summed E-state index contributed by atoms with van der Waals surface area (Å²) in [5.41, 5.74) is -0.130. The Morgan fingerprint density at radius 1 is 1.39 bits per heavy atom. The summed E-state index contributed by atoms with van der Waals surface area (Å²) in [4.78, 5) is 0.990. The highest BCUT2D eigenvalue weighted by Crippen LogP contribution is 2.32. The highest BCUT2D eigenvalue weighted by atomic mass is 35.5. The summed E-state index contributed by atoms with van der Waals surface area (Å²) < 4.78 is 5.17. The van der Waals surface area contributed by atoms with E-state index in [9.17, 15) is 5.11 Å². The molecule has 0 fully saturated rings. The maximum Gasteiger partial charge on any atom is 0.119 e. The second kappa shape index (κ2) is 5.31. The Morgan fingerprint density at radius 2 is 2.17 bits per heavy atom. The zero-order chi connectivity index (χ0) is 13.2.